The van der Waals surface area contributed by atoms with Crippen LogP contribution in [0.15, 0.2) is 18.2 Å². The Morgan fingerprint density at radius 1 is 1.16 bits per heavy atom. The quantitative estimate of drug-likeness (QED) is 0.831. The number of hydrogen-bond donors (Lipinski definition) is 2. The molecule has 3 rings (SSSR count). The molecule has 0 amide bonds. The van der Waals surface area contributed by atoms with E-state index in [4.69, 9.17) is 11.5 Å². The van der Waals surface area contributed by atoms with E-state index in [0.29, 0.717) is 11.1 Å². The fraction of sp³-hybridized carbons (Fsp3) is 0.333. The first-order valence-electron chi connectivity index (χ1n) is 5.73. The van der Waals surface area contributed by atoms with Gasteiger partial charge in [-0.2, -0.15) is 13.2 Å². The van der Waals surface area contributed by atoms with Gasteiger partial charge in [0.2, 0.25) is 5.95 Å². The first-order valence-corrected chi connectivity index (χ1v) is 5.73. The van der Waals surface area contributed by atoms with Gasteiger partial charge in [0.25, 0.3) is 0 Å². The van der Waals surface area contributed by atoms with Crippen LogP contribution in [0.5, 0.6) is 0 Å². The van der Waals surface area contributed by atoms with Crippen LogP contribution in [-0.2, 0) is 11.7 Å². The molecule has 1 heterocycles. The molecule has 0 saturated heterocycles. The average Bonchev–Trinajstić information content (AvgIpc) is 3.05. The Hall–Kier alpha value is -1.89. The van der Waals surface area contributed by atoms with E-state index in [9.17, 15) is 13.2 Å². The van der Waals surface area contributed by atoms with Gasteiger partial charge in [-0.15, -0.1) is 0 Å². The van der Waals surface area contributed by atoms with Crippen molar-refractivity contribution in [3.63, 3.8) is 0 Å². The molecule has 7 heteroatoms. The Bertz CT molecular complexity index is 662. The summed E-state index contributed by atoms with van der Waals surface area (Å²) in [5.41, 5.74) is 11.0. The summed E-state index contributed by atoms with van der Waals surface area (Å²) in [6.45, 7) is 0. The Morgan fingerprint density at radius 3 is 2.42 bits per heavy atom. The maximum Gasteiger partial charge on any atom is 0.416 e. The maximum atomic E-state index is 12.7. The molecule has 1 fully saturated rings. The summed E-state index contributed by atoms with van der Waals surface area (Å²) in [4.78, 5) is 7.95. The molecule has 2 aromatic rings. The number of hydrogen-bond acceptors (Lipinski definition) is 4. The molecule has 0 aliphatic heterocycles. The standard InChI is InChI=1S/C12H11F3N4/c13-12(14,15)6-1-2-7-8(5-6)18-10(16)19-9(7)11(17)3-4-11/h1-2,5H,3-4,17H2,(H2,16,18,19). The molecule has 4 N–H and O–H groups in total. The Balaban J connectivity index is 2.25. The van der Waals surface area contributed by atoms with Crippen molar-refractivity contribution < 1.29 is 13.2 Å². The Labute approximate surface area is 106 Å². The smallest absolute Gasteiger partial charge is 0.368 e. The predicted molar refractivity (Wildman–Crippen MR) is 64.1 cm³/mol. The topological polar surface area (TPSA) is 77.8 Å². The molecule has 19 heavy (non-hydrogen) atoms. The van der Waals surface area contributed by atoms with Crippen molar-refractivity contribution in [1.29, 1.82) is 0 Å². The van der Waals surface area contributed by atoms with Gasteiger partial charge in [0.1, 0.15) is 0 Å². The number of alkyl halides is 3. The van der Waals surface area contributed by atoms with Crippen molar-refractivity contribution in [3.05, 3.63) is 29.5 Å². The molecule has 100 valence electrons. The second-order valence-electron chi connectivity index (χ2n) is 4.82. The molecule has 0 bridgehead atoms. The molecule has 0 radical (unpaired) electrons. The van der Waals surface area contributed by atoms with Crippen molar-refractivity contribution in [2.45, 2.75) is 24.6 Å². The highest BCUT2D eigenvalue weighted by Crippen LogP contribution is 2.44. The number of nitrogens with two attached hydrogens (primary N) is 2. The number of halogens is 3. The Morgan fingerprint density at radius 2 is 1.84 bits per heavy atom. The van der Waals surface area contributed by atoms with Crippen LogP contribution >= 0.6 is 0 Å². The van der Waals surface area contributed by atoms with Crippen molar-refractivity contribution in [3.8, 4) is 0 Å². The molecule has 1 saturated carbocycles. The molecule has 1 aliphatic rings. The summed E-state index contributed by atoms with van der Waals surface area (Å²) >= 11 is 0. The largest absolute Gasteiger partial charge is 0.416 e. The van der Waals surface area contributed by atoms with Crippen molar-refractivity contribution in [1.82, 2.24) is 9.97 Å². The lowest BCUT2D eigenvalue weighted by Gasteiger charge is -2.13. The van der Waals surface area contributed by atoms with Crippen LogP contribution in [0.2, 0.25) is 0 Å². The minimum atomic E-state index is -4.41. The molecule has 0 spiro atoms. The van der Waals surface area contributed by atoms with Crippen LogP contribution in [0.4, 0.5) is 19.1 Å². The third-order valence-electron chi connectivity index (χ3n) is 3.30. The summed E-state index contributed by atoms with van der Waals surface area (Å²) < 4.78 is 38.0. The van der Waals surface area contributed by atoms with Crippen LogP contribution in [0.1, 0.15) is 24.1 Å². The molecule has 1 aromatic heterocycles. The lowest BCUT2D eigenvalue weighted by Crippen LogP contribution is -2.22. The van der Waals surface area contributed by atoms with E-state index in [2.05, 4.69) is 9.97 Å². The van der Waals surface area contributed by atoms with Gasteiger partial charge in [0.05, 0.1) is 22.3 Å². The minimum absolute atomic E-state index is 0.0569. The minimum Gasteiger partial charge on any atom is -0.368 e. The van der Waals surface area contributed by atoms with E-state index < -0.39 is 17.3 Å². The van der Waals surface area contributed by atoms with Gasteiger partial charge >= 0.3 is 6.18 Å². The molecule has 4 nitrogen and oxygen atoms in total. The van der Waals surface area contributed by atoms with Crippen LogP contribution in [0.3, 0.4) is 0 Å². The Kier molecular flexibility index (Phi) is 2.28. The highest BCUT2D eigenvalue weighted by Gasteiger charge is 2.43. The molecule has 1 aromatic carbocycles. The number of rotatable bonds is 1. The van der Waals surface area contributed by atoms with Crippen molar-refractivity contribution in [2.75, 3.05) is 5.73 Å². The second kappa shape index (κ2) is 3.57. The number of nitrogens with zero attached hydrogens (tertiary/aromatic N) is 2. The van der Waals surface area contributed by atoms with E-state index in [1.807, 2.05) is 0 Å². The summed E-state index contributed by atoms with van der Waals surface area (Å²) in [5, 5.41) is 0.530. The van der Waals surface area contributed by atoms with E-state index in [0.717, 1.165) is 25.0 Å². The van der Waals surface area contributed by atoms with Crippen molar-refractivity contribution in [2.24, 2.45) is 5.73 Å². The maximum absolute atomic E-state index is 12.7. The molecule has 1 aliphatic carbocycles. The van der Waals surface area contributed by atoms with Gasteiger partial charge < -0.3 is 11.5 Å². The second-order valence-corrected chi connectivity index (χ2v) is 4.82. The highest BCUT2D eigenvalue weighted by molar-refractivity contribution is 5.84. The van der Waals surface area contributed by atoms with Gasteiger partial charge in [-0.05, 0) is 25.0 Å². The van der Waals surface area contributed by atoms with E-state index in [-0.39, 0.29) is 11.5 Å². The third-order valence-corrected chi connectivity index (χ3v) is 3.30. The zero-order chi connectivity index (χ0) is 13.8. The van der Waals surface area contributed by atoms with Gasteiger partial charge in [0.15, 0.2) is 0 Å². The van der Waals surface area contributed by atoms with E-state index in [1.54, 1.807) is 0 Å². The number of aromatic nitrogens is 2. The van der Waals surface area contributed by atoms with Gasteiger partial charge in [-0.3, -0.25) is 0 Å². The van der Waals surface area contributed by atoms with E-state index >= 15 is 0 Å². The number of benzene rings is 1. The van der Waals surface area contributed by atoms with Crippen LogP contribution in [0.25, 0.3) is 10.9 Å². The van der Waals surface area contributed by atoms with Gasteiger partial charge in [-0.25, -0.2) is 9.97 Å². The SMILES string of the molecule is Nc1nc(C2(N)CC2)c2ccc(C(F)(F)F)cc2n1. The fourth-order valence-electron chi connectivity index (χ4n) is 2.07. The van der Waals surface area contributed by atoms with Crippen LogP contribution in [0, 0.1) is 0 Å². The normalized spacial score (nSPS) is 17.7. The molecular formula is C12H11F3N4. The van der Waals surface area contributed by atoms with Crippen molar-refractivity contribution >= 4 is 16.9 Å². The average molecular weight is 268 g/mol. The van der Waals surface area contributed by atoms with Crippen LogP contribution < -0.4 is 11.5 Å². The number of anilines is 1. The summed E-state index contributed by atoms with van der Waals surface area (Å²) in [7, 11) is 0. The zero-order valence-corrected chi connectivity index (χ0v) is 9.83. The fourth-order valence-corrected chi connectivity index (χ4v) is 2.07. The van der Waals surface area contributed by atoms with Gasteiger partial charge in [0, 0.05) is 5.39 Å². The third kappa shape index (κ3) is 1.99. The summed E-state index contributed by atoms with van der Waals surface area (Å²) in [6, 6.07) is 3.35. The van der Waals surface area contributed by atoms with Crippen LogP contribution in [-0.4, -0.2) is 9.97 Å². The molecule has 0 unspecified atom stereocenters. The lowest BCUT2D eigenvalue weighted by atomic mass is 10.0. The first kappa shape index (κ1) is 12.2. The monoisotopic (exact) mass is 268 g/mol. The lowest BCUT2D eigenvalue weighted by molar-refractivity contribution is -0.137. The number of nitrogen functional groups attached to an aromatic ring is 1. The molecule has 0 atom stereocenters. The number of fused-ring (bicyclic) bond motifs is 1. The predicted octanol–water partition coefficient (Wildman–Crippen LogP) is 2.18. The summed E-state index contributed by atoms with van der Waals surface area (Å²) in [5.74, 6) is -0.0569. The molecular weight excluding hydrogens is 257 g/mol. The summed E-state index contributed by atoms with van der Waals surface area (Å²) in [6.07, 6.45) is -2.91. The van der Waals surface area contributed by atoms with Gasteiger partial charge in [-0.1, -0.05) is 6.07 Å². The van der Waals surface area contributed by atoms with E-state index in [1.165, 1.54) is 6.07 Å². The first-order chi connectivity index (χ1) is 8.79. The zero-order valence-electron chi connectivity index (χ0n) is 9.83. The highest BCUT2D eigenvalue weighted by atomic mass is 19.4.